The van der Waals surface area contributed by atoms with Crippen LogP contribution < -0.4 is 9.64 Å². The molecule has 148 valence electrons. The van der Waals surface area contributed by atoms with Crippen LogP contribution in [0.2, 0.25) is 5.02 Å². The first-order valence-electron chi connectivity index (χ1n) is 8.82. The molecule has 0 aromatic carbocycles. The monoisotopic (exact) mass is 409 g/mol. The number of rotatable bonds is 5. The second-order valence-electron chi connectivity index (χ2n) is 6.98. The minimum absolute atomic E-state index is 0.0128. The first-order chi connectivity index (χ1) is 13.4. The first kappa shape index (κ1) is 18.8. The Morgan fingerprint density at radius 3 is 2.71 bits per heavy atom. The minimum atomic E-state index is -3.00. The van der Waals surface area contributed by atoms with Crippen LogP contribution in [0.4, 0.5) is 14.5 Å². The van der Waals surface area contributed by atoms with Gasteiger partial charge in [0.25, 0.3) is 0 Å². The van der Waals surface area contributed by atoms with Crippen molar-refractivity contribution in [3.63, 3.8) is 0 Å². The molecule has 0 aliphatic carbocycles. The van der Waals surface area contributed by atoms with E-state index < -0.39 is 6.61 Å². The van der Waals surface area contributed by atoms with Crippen molar-refractivity contribution in [1.29, 1.82) is 0 Å². The number of nitrogens with zero attached hydrogens (tertiary/aromatic N) is 5. The van der Waals surface area contributed by atoms with E-state index in [1.165, 1.54) is 6.33 Å². The van der Waals surface area contributed by atoms with Crippen LogP contribution in [0.3, 0.4) is 0 Å². The molecule has 1 amide bonds. The molecule has 2 aromatic heterocycles. The number of halogens is 3. The van der Waals surface area contributed by atoms with E-state index in [0.717, 1.165) is 24.3 Å². The highest BCUT2D eigenvalue weighted by atomic mass is 35.5. The Labute approximate surface area is 165 Å². The van der Waals surface area contributed by atoms with Crippen molar-refractivity contribution in [3.8, 4) is 5.88 Å². The maximum absolute atomic E-state index is 12.7. The second-order valence-corrected chi connectivity index (χ2v) is 7.36. The highest BCUT2D eigenvalue weighted by Gasteiger charge is 2.34. The molecule has 4 heterocycles. The Kier molecular flexibility index (Phi) is 5.01. The number of hydrogen-bond acceptors (Lipinski definition) is 6. The lowest BCUT2D eigenvalue weighted by molar-refractivity contribution is -0.133. The van der Waals surface area contributed by atoms with Crippen LogP contribution in [0.1, 0.15) is 23.2 Å². The summed E-state index contributed by atoms with van der Waals surface area (Å²) >= 11 is 6.10. The average Bonchev–Trinajstić information content (AvgIpc) is 3.06. The van der Waals surface area contributed by atoms with Gasteiger partial charge >= 0.3 is 6.61 Å². The van der Waals surface area contributed by atoms with E-state index in [2.05, 4.69) is 24.6 Å². The third-order valence-corrected chi connectivity index (χ3v) is 5.58. The summed E-state index contributed by atoms with van der Waals surface area (Å²) in [5, 5.41) is 0.0630. The van der Waals surface area contributed by atoms with Crippen molar-refractivity contribution in [3.05, 3.63) is 40.6 Å². The minimum Gasteiger partial charge on any atom is -0.415 e. The van der Waals surface area contributed by atoms with Gasteiger partial charge in [-0.15, -0.1) is 0 Å². The molecule has 0 bridgehead atoms. The maximum Gasteiger partial charge on any atom is 0.388 e. The lowest BCUT2D eigenvalue weighted by Gasteiger charge is -2.40. The quantitative estimate of drug-likeness (QED) is 0.756. The molecule has 28 heavy (non-hydrogen) atoms. The largest absolute Gasteiger partial charge is 0.415 e. The standard InChI is InChI=1S/C18H18ClF2N5O2/c1-10-13-7-26(8-14(13)24-17(16(10)19)28-18(20)21)15(27)2-11-5-25(6-11)12-3-22-9-23-4-12/h3-4,9,11,18H,2,5-8H2,1H3. The summed E-state index contributed by atoms with van der Waals surface area (Å²) in [6.45, 7) is 0.920. The van der Waals surface area contributed by atoms with Crippen LogP contribution in [0, 0.1) is 12.8 Å². The van der Waals surface area contributed by atoms with Gasteiger partial charge in [0.05, 0.1) is 30.3 Å². The Balaban J connectivity index is 1.37. The van der Waals surface area contributed by atoms with Crippen molar-refractivity contribution >= 4 is 23.2 Å². The summed E-state index contributed by atoms with van der Waals surface area (Å²) in [5.74, 6) is -0.0208. The Morgan fingerprint density at radius 2 is 2.04 bits per heavy atom. The van der Waals surface area contributed by atoms with E-state index >= 15 is 0 Å². The fraction of sp³-hybridized carbons (Fsp3) is 0.444. The molecule has 10 heteroatoms. The van der Waals surface area contributed by atoms with E-state index in [9.17, 15) is 13.6 Å². The van der Waals surface area contributed by atoms with Crippen molar-refractivity contribution < 1.29 is 18.3 Å². The molecule has 0 spiro atoms. The fourth-order valence-electron chi connectivity index (χ4n) is 3.60. The predicted molar refractivity (Wildman–Crippen MR) is 97.2 cm³/mol. The molecule has 2 aliphatic heterocycles. The van der Waals surface area contributed by atoms with Gasteiger partial charge in [-0.1, -0.05) is 11.6 Å². The summed E-state index contributed by atoms with van der Waals surface area (Å²) in [6.07, 6.45) is 5.40. The van der Waals surface area contributed by atoms with Crippen LogP contribution in [0.25, 0.3) is 0 Å². The number of ether oxygens (including phenoxy) is 1. The number of pyridine rings is 1. The molecular weight excluding hydrogens is 392 g/mol. The molecule has 1 saturated heterocycles. The number of anilines is 1. The molecule has 4 rings (SSSR count). The van der Waals surface area contributed by atoms with E-state index in [1.54, 1.807) is 24.2 Å². The van der Waals surface area contributed by atoms with E-state index in [0.29, 0.717) is 24.2 Å². The fourth-order valence-corrected chi connectivity index (χ4v) is 3.80. The number of carbonyl (C=O) groups excluding carboxylic acids is 1. The van der Waals surface area contributed by atoms with E-state index in [1.807, 2.05) is 0 Å². The zero-order chi connectivity index (χ0) is 19.8. The van der Waals surface area contributed by atoms with Crippen molar-refractivity contribution in [2.24, 2.45) is 5.92 Å². The Morgan fingerprint density at radius 1 is 1.32 bits per heavy atom. The Bertz CT molecular complexity index is 893. The van der Waals surface area contributed by atoms with Crippen LogP contribution in [-0.4, -0.2) is 45.5 Å². The number of amides is 1. The van der Waals surface area contributed by atoms with Crippen LogP contribution >= 0.6 is 11.6 Å². The molecule has 0 N–H and O–H groups in total. The molecule has 0 atom stereocenters. The lowest BCUT2D eigenvalue weighted by Crippen LogP contribution is -2.48. The van der Waals surface area contributed by atoms with Crippen molar-refractivity contribution in [1.82, 2.24) is 19.9 Å². The first-order valence-corrected chi connectivity index (χ1v) is 9.20. The summed E-state index contributed by atoms with van der Waals surface area (Å²) in [7, 11) is 0. The third-order valence-electron chi connectivity index (χ3n) is 5.13. The molecule has 1 fully saturated rings. The van der Waals surface area contributed by atoms with Crippen LogP contribution in [0.15, 0.2) is 18.7 Å². The topological polar surface area (TPSA) is 71.5 Å². The smallest absolute Gasteiger partial charge is 0.388 e. The highest BCUT2D eigenvalue weighted by molar-refractivity contribution is 6.32. The summed E-state index contributed by atoms with van der Waals surface area (Å²) in [5.41, 5.74) is 2.93. The molecule has 0 saturated carbocycles. The molecule has 2 aliphatic rings. The molecule has 2 aromatic rings. The van der Waals surface area contributed by atoms with E-state index in [-0.39, 0.29) is 29.3 Å². The van der Waals surface area contributed by atoms with Gasteiger partial charge in [-0.2, -0.15) is 8.78 Å². The van der Waals surface area contributed by atoms with Crippen molar-refractivity contribution in [2.75, 3.05) is 18.0 Å². The maximum atomic E-state index is 12.7. The molecule has 0 unspecified atom stereocenters. The summed E-state index contributed by atoms with van der Waals surface area (Å²) in [6, 6.07) is 0. The summed E-state index contributed by atoms with van der Waals surface area (Å²) in [4.78, 5) is 28.6. The summed E-state index contributed by atoms with van der Waals surface area (Å²) < 4.78 is 29.5. The lowest BCUT2D eigenvalue weighted by atomic mass is 9.95. The molecule has 0 radical (unpaired) electrons. The van der Waals surface area contributed by atoms with Gasteiger partial charge in [-0.05, 0) is 18.1 Å². The van der Waals surface area contributed by atoms with Crippen LogP contribution in [-0.2, 0) is 17.9 Å². The van der Waals surface area contributed by atoms with Gasteiger partial charge in [0, 0.05) is 32.0 Å². The number of aromatic nitrogens is 3. The zero-order valence-corrected chi connectivity index (χ0v) is 15.9. The van der Waals surface area contributed by atoms with Gasteiger partial charge in [0.15, 0.2) is 0 Å². The van der Waals surface area contributed by atoms with Gasteiger partial charge in [0.1, 0.15) is 11.3 Å². The number of carbonyl (C=O) groups is 1. The Hall–Kier alpha value is -2.55. The second kappa shape index (κ2) is 7.46. The zero-order valence-electron chi connectivity index (χ0n) is 15.1. The van der Waals surface area contributed by atoms with Gasteiger partial charge in [-0.3, -0.25) is 4.79 Å². The van der Waals surface area contributed by atoms with Crippen molar-refractivity contribution in [2.45, 2.75) is 33.0 Å². The van der Waals surface area contributed by atoms with E-state index in [4.69, 9.17) is 11.6 Å². The number of fused-ring (bicyclic) bond motifs is 1. The predicted octanol–water partition coefficient (Wildman–Crippen LogP) is 2.80. The number of hydrogen-bond donors (Lipinski definition) is 0. The highest BCUT2D eigenvalue weighted by Crippen LogP contribution is 2.36. The molecule has 7 nitrogen and oxygen atoms in total. The number of alkyl halides is 2. The van der Waals surface area contributed by atoms with Gasteiger partial charge in [0.2, 0.25) is 11.8 Å². The third kappa shape index (κ3) is 3.58. The molecular formula is C18H18ClF2N5O2. The average molecular weight is 410 g/mol. The normalized spacial score (nSPS) is 16.3. The SMILES string of the molecule is Cc1c(Cl)c(OC(F)F)nc2c1CN(C(=O)CC1CN(c3cncnc3)C1)C2. The van der Waals surface area contributed by atoms with Gasteiger partial charge in [-0.25, -0.2) is 15.0 Å². The van der Waals surface area contributed by atoms with Gasteiger partial charge < -0.3 is 14.5 Å². The van der Waals surface area contributed by atoms with Crippen LogP contribution in [0.5, 0.6) is 5.88 Å².